The molecular weight excluding hydrogens is 276 g/mol. The van der Waals surface area contributed by atoms with Gasteiger partial charge in [0.15, 0.2) is 0 Å². The molecule has 0 unspecified atom stereocenters. The molecule has 0 aliphatic heterocycles. The SMILES string of the molecule is C=CCc1ccc2oc3cccc(C(N)=O)c3c(=NC)c2c1. The Bertz CT molecular complexity index is 968. The van der Waals surface area contributed by atoms with Crippen molar-refractivity contribution in [2.24, 2.45) is 10.7 Å². The lowest BCUT2D eigenvalue weighted by atomic mass is 10.0. The van der Waals surface area contributed by atoms with E-state index >= 15 is 0 Å². The van der Waals surface area contributed by atoms with E-state index in [-0.39, 0.29) is 0 Å². The van der Waals surface area contributed by atoms with Gasteiger partial charge in [-0.2, -0.15) is 0 Å². The first kappa shape index (κ1) is 14.1. The van der Waals surface area contributed by atoms with Gasteiger partial charge in [-0.1, -0.05) is 18.2 Å². The van der Waals surface area contributed by atoms with E-state index in [1.165, 1.54) is 0 Å². The largest absolute Gasteiger partial charge is 0.456 e. The molecular formula is C18H16N2O2. The van der Waals surface area contributed by atoms with Gasteiger partial charge in [0.25, 0.3) is 0 Å². The zero-order chi connectivity index (χ0) is 15.7. The summed E-state index contributed by atoms with van der Waals surface area (Å²) in [4.78, 5) is 16.1. The van der Waals surface area contributed by atoms with E-state index < -0.39 is 5.91 Å². The summed E-state index contributed by atoms with van der Waals surface area (Å²) in [6.07, 6.45) is 2.60. The molecule has 0 bridgehead atoms. The number of benzene rings is 2. The summed E-state index contributed by atoms with van der Waals surface area (Å²) in [5, 5.41) is 2.24. The molecule has 0 saturated carbocycles. The molecule has 0 aliphatic rings. The molecule has 2 aromatic carbocycles. The Balaban J connectivity index is 2.52. The van der Waals surface area contributed by atoms with Crippen LogP contribution in [0, 0.1) is 0 Å². The number of carbonyl (C=O) groups is 1. The van der Waals surface area contributed by atoms with Gasteiger partial charge in [0.2, 0.25) is 5.91 Å². The minimum Gasteiger partial charge on any atom is -0.456 e. The number of amides is 1. The summed E-state index contributed by atoms with van der Waals surface area (Å²) in [5.41, 5.74) is 8.34. The zero-order valence-corrected chi connectivity index (χ0v) is 12.3. The number of fused-ring (bicyclic) bond motifs is 2. The lowest BCUT2D eigenvalue weighted by molar-refractivity contribution is 0.100. The van der Waals surface area contributed by atoms with E-state index in [1.807, 2.05) is 30.3 Å². The Morgan fingerprint density at radius 3 is 2.82 bits per heavy atom. The fraction of sp³-hybridized carbons (Fsp3) is 0.111. The molecule has 110 valence electrons. The molecule has 1 heterocycles. The van der Waals surface area contributed by atoms with Gasteiger partial charge in [0.05, 0.1) is 16.3 Å². The highest BCUT2D eigenvalue weighted by atomic mass is 16.3. The topological polar surface area (TPSA) is 68.6 Å². The van der Waals surface area contributed by atoms with E-state index in [0.29, 0.717) is 16.5 Å². The molecule has 3 aromatic rings. The summed E-state index contributed by atoms with van der Waals surface area (Å²) in [5.74, 6) is -0.493. The molecule has 0 radical (unpaired) electrons. The molecule has 2 N–H and O–H groups in total. The minimum absolute atomic E-state index is 0.415. The summed E-state index contributed by atoms with van der Waals surface area (Å²) in [6.45, 7) is 3.76. The van der Waals surface area contributed by atoms with Crippen molar-refractivity contribution < 1.29 is 9.21 Å². The average molecular weight is 292 g/mol. The highest BCUT2D eigenvalue weighted by Gasteiger charge is 2.13. The molecule has 0 aliphatic carbocycles. The number of hydrogen-bond donors (Lipinski definition) is 1. The molecule has 4 heteroatoms. The molecule has 22 heavy (non-hydrogen) atoms. The monoisotopic (exact) mass is 292 g/mol. The van der Waals surface area contributed by atoms with Gasteiger partial charge in [-0.05, 0) is 36.2 Å². The molecule has 0 saturated heterocycles. The molecule has 0 fully saturated rings. The van der Waals surface area contributed by atoms with Crippen LogP contribution in [0.5, 0.6) is 0 Å². The lowest BCUT2D eigenvalue weighted by Gasteiger charge is -2.08. The molecule has 1 amide bonds. The first-order chi connectivity index (χ1) is 10.7. The van der Waals surface area contributed by atoms with Crippen LogP contribution in [0.4, 0.5) is 0 Å². The van der Waals surface area contributed by atoms with Gasteiger partial charge >= 0.3 is 0 Å². The second-order valence-corrected chi connectivity index (χ2v) is 5.04. The zero-order valence-electron chi connectivity index (χ0n) is 12.3. The predicted octanol–water partition coefficient (Wildman–Crippen LogP) is 2.94. The van der Waals surface area contributed by atoms with Gasteiger partial charge in [-0.15, -0.1) is 6.58 Å². The van der Waals surface area contributed by atoms with Gasteiger partial charge in [-0.3, -0.25) is 9.79 Å². The van der Waals surface area contributed by atoms with Crippen molar-refractivity contribution >= 4 is 27.8 Å². The van der Waals surface area contributed by atoms with E-state index in [1.54, 1.807) is 19.2 Å². The third-order valence-corrected chi connectivity index (χ3v) is 3.65. The van der Waals surface area contributed by atoms with Crippen molar-refractivity contribution in [2.45, 2.75) is 6.42 Å². The highest BCUT2D eigenvalue weighted by Crippen LogP contribution is 2.22. The smallest absolute Gasteiger partial charge is 0.249 e. The summed E-state index contributed by atoms with van der Waals surface area (Å²) in [6, 6.07) is 11.2. The maximum atomic E-state index is 11.7. The average Bonchev–Trinajstić information content (AvgIpc) is 2.52. The number of allylic oxidation sites excluding steroid dienone is 1. The third-order valence-electron chi connectivity index (χ3n) is 3.65. The minimum atomic E-state index is -0.493. The molecule has 3 rings (SSSR count). The van der Waals surface area contributed by atoms with Crippen molar-refractivity contribution in [2.75, 3.05) is 7.05 Å². The number of nitrogens with two attached hydrogens (primary N) is 1. The normalized spacial score (nSPS) is 12.0. The van der Waals surface area contributed by atoms with E-state index in [4.69, 9.17) is 10.2 Å². The van der Waals surface area contributed by atoms with Crippen LogP contribution >= 0.6 is 0 Å². The van der Waals surface area contributed by atoms with Crippen molar-refractivity contribution in [3.05, 3.63) is 65.5 Å². The molecule has 0 atom stereocenters. The maximum absolute atomic E-state index is 11.7. The van der Waals surface area contributed by atoms with Crippen LogP contribution in [0.25, 0.3) is 21.9 Å². The van der Waals surface area contributed by atoms with Gasteiger partial charge in [0.1, 0.15) is 11.2 Å². The van der Waals surface area contributed by atoms with Crippen molar-refractivity contribution in [1.29, 1.82) is 0 Å². The first-order valence-corrected chi connectivity index (χ1v) is 6.97. The van der Waals surface area contributed by atoms with Crippen molar-refractivity contribution in [3.8, 4) is 0 Å². The molecule has 0 spiro atoms. The Labute approximate surface area is 127 Å². The number of hydrogen-bond acceptors (Lipinski definition) is 3. The summed E-state index contributed by atoms with van der Waals surface area (Å²) >= 11 is 0. The number of carbonyl (C=O) groups excluding carboxylic acids is 1. The standard InChI is InChI=1S/C18H16N2O2/c1-3-5-11-8-9-14-13(10-11)17(20-2)16-12(18(19)21)6-4-7-15(16)22-14/h3-4,6-10H,1,5H2,2H3,(H2,19,21). The molecule has 4 nitrogen and oxygen atoms in total. The van der Waals surface area contributed by atoms with Crippen LogP contribution in [-0.4, -0.2) is 13.0 Å². The summed E-state index contributed by atoms with van der Waals surface area (Å²) < 4.78 is 5.92. The summed E-state index contributed by atoms with van der Waals surface area (Å²) in [7, 11) is 1.70. The van der Waals surface area contributed by atoms with Gasteiger partial charge in [0, 0.05) is 12.4 Å². The fourth-order valence-corrected chi connectivity index (χ4v) is 2.70. The van der Waals surface area contributed by atoms with E-state index in [2.05, 4.69) is 11.6 Å². The second-order valence-electron chi connectivity index (χ2n) is 5.04. The number of rotatable bonds is 3. The lowest BCUT2D eigenvalue weighted by Crippen LogP contribution is -2.16. The maximum Gasteiger partial charge on any atom is 0.249 e. The Kier molecular flexibility index (Phi) is 3.51. The van der Waals surface area contributed by atoms with E-state index in [9.17, 15) is 4.79 Å². The van der Waals surface area contributed by atoms with Crippen LogP contribution in [-0.2, 0) is 6.42 Å². The van der Waals surface area contributed by atoms with Crippen molar-refractivity contribution in [1.82, 2.24) is 0 Å². The third kappa shape index (κ3) is 2.19. The predicted molar refractivity (Wildman–Crippen MR) is 87.6 cm³/mol. The Hall–Kier alpha value is -2.88. The van der Waals surface area contributed by atoms with E-state index in [0.717, 1.165) is 28.3 Å². The van der Waals surface area contributed by atoms with Crippen LogP contribution in [0.1, 0.15) is 15.9 Å². The first-order valence-electron chi connectivity index (χ1n) is 6.97. The Morgan fingerprint density at radius 1 is 1.32 bits per heavy atom. The number of nitrogens with zero attached hydrogens (tertiary/aromatic N) is 1. The van der Waals surface area contributed by atoms with Crippen LogP contribution in [0.15, 0.2) is 58.5 Å². The van der Waals surface area contributed by atoms with Crippen LogP contribution in [0.3, 0.4) is 0 Å². The van der Waals surface area contributed by atoms with Gasteiger partial charge < -0.3 is 10.2 Å². The quantitative estimate of drug-likeness (QED) is 0.595. The van der Waals surface area contributed by atoms with Crippen molar-refractivity contribution in [3.63, 3.8) is 0 Å². The number of primary amides is 1. The fourth-order valence-electron chi connectivity index (χ4n) is 2.70. The second kappa shape index (κ2) is 5.48. The Morgan fingerprint density at radius 2 is 2.14 bits per heavy atom. The van der Waals surface area contributed by atoms with Crippen LogP contribution in [0.2, 0.25) is 0 Å². The van der Waals surface area contributed by atoms with Gasteiger partial charge in [-0.25, -0.2) is 0 Å². The molecule has 1 aromatic heterocycles. The highest BCUT2D eigenvalue weighted by molar-refractivity contribution is 6.06. The van der Waals surface area contributed by atoms with Crippen LogP contribution < -0.4 is 11.1 Å².